The topological polar surface area (TPSA) is 70.9 Å². The number of hydroxylamine groups is 2. The van der Waals surface area contributed by atoms with Crippen LogP contribution in [0.15, 0.2) is 66.3 Å². The van der Waals surface area contributed by atoms with Crippen LogP contribution in [0, 0.1) is 0 Å². The quantitative estimate of drug-likeness (QED) is 0.366. The predicted molar refractivity (Wildman–Crippen MR) is 139 cm³/mol. The molecule has 8 nitrogen and oxygen atoms in total. The molecule has 2 aromatic carbocycles. The highest BCUT2D eigenvalue weighted by Crippen LogP contribution is 2.31. The first kappa shape index (κ1) is 25.5. The second-order valence-electron chi connectivity index (χ2n) is 9.55. The van der Waals surface area contributed by atoms with Crippen molar-refractivity contribution in [3.8, 4) is 5.69 Å². The predicted octanol–water partition coefficient (Wildman–Crippen LogP) is 4.32. The van der Waals surface area contributed by atoms with E-state index >= 15 is 0 Å². The van der Waals surface area contributed by atoms with Crippen LogP contribution in [-0.2, 0) is 11.0 Å². The minimum absolute atomic E-state index is 0.0315. The molecule has 39 heavy (non-hydrogen) atoms. The first-order valence-electron chi connectivity index (χ1n) is 12.4. The van der Waals surface area contributed by atoms with Crippen LogP contribution in [0.1, 0.15) is 25.7 Å². The Morgan fingerprint density at radius 2 is 1.79 bits per heavy atom. The SMILES string of the molecule is O=C(ON1CC(N2CCN(C(=O)c3nccs3)CC2)C1)c1ccc2c(ccn2-c2cccc(C(F)(F)F)c2)c1. The smallest absolute Gasteiger partial charge is 0.364 e. The molecule has 0 atom stereocenters. The number of hydrogen-bond acceptors (Lipinski definition) is 7. The number of alkyl halides is 3. The van der Waals surface area contributed by atoms with Gasteiger partial charge in [-0.05, 0) is 42.5 Å². The highest BCUT2D eigenvalue weighted by atomic mass is 32.1. The third-order valence-corrected chi connectivity index (χ3v) is 7.91. The molecule has 2 aromatic heterocycles. The van der Waals surface area contributed by atoms with Gasteiger partial charge >= 0.3 is 12.1 Å². The van der Waals surface area contributed by atoms with Gasteiger partial charge < -0.3 is 14.3 Å². The Labute approximate surface area is 225 Å². The summed E-state index contributed by atoms with van der Waals surface area (Å²) in [6.07, 6.45) is -1.12. The van der Waals surface area contributed by atoms with E-state index in [2.05, 4.69) is 9.88 Å². The molecule has 4 heterocycles. The third-order valence-electron chi connectivity index (χ3n) is 7.15. The fourth-order valence-corrected chi connectivity index (χ4v) is 5.58. The monoisotopic (exact) mass is 555 g/mol. The van der Waals surface area contributed by atoms with E-state index in [1.807, 2.05) is 4.90 Å². The van der Waals surface area contributed by atoms with Crippen LogP contribution in [0.5, 0.6) is 0 Å². The van der Waals surface area contributed by atoms with Gasteiger partial charge in [0, 0.05) is 61.1 Å². The van der Waals surface area contributed by atoms with Gasteiger partial charge in [-0.1, -0.05) is 6.07 Å². The van der Waals surface area contributed by atoms with E-state index in [4.69, 9.17) is 4.84 Å². The zero-order chi connectivity index (χ0) is 27.1. The van der Waals surface area contributed by atoms with E-state index in [0.29, 0.717) is 53.3 Å². The largest absolute Gasteiger partial charge is 0.416 e. The van der Waals surface area contributed by atoms with Crippen LogP contribution < -0.4 is 0 Å². The van der Waals surface area contributed by atoms with Crippen molar-refractivity contribution >= 4 is 34.1 Å². The number of amides is 1. The minimum Gasteiger partial charge on any atom is -0.364 e. The van der Waals surface area contributed by atoms with Crippen molar-refractivity contribution in [2.45, 2.75) is 12.2 Å². The van der Waals surface area contributed by atoms with Crippen LogP contribution in [0.4, 0.5) is 13.2 Å². The summed E-state index contributed by atoms with van der Waals surface area (Å²) in [6, 6.07) is 12.1. The lowest BCUT2D eigenvalue weighted by Crippen LogP contribution is -2.63. The van der Waals surface area contributed by atoms with Gasteiger partial charge in [-0.15, -0.1) is 16.4 Å². The summed E-state index contributed by atoms with van der Waals surface area (Å²) in [4.78, 5) is 39.0. The molecule has 202 valence electrons. The summed E-state index contributed by atoms with van der Waals surface area (Å²) >= 11 is 1.34. The lowest BCUT2D eigenvalue weighted by Gasteiger charge is -2.46. The summed E-state index contributed by atoms with van der Waals surface area (Å²) < 4.78 is 41.1. The average molecular weight is 556 g/mol. The average Bonchev–Trinajstić information content (AvgIpc) is 3.60. The number of aromatic nitrogens is 2. The van der Waals surface area contributed by atoms with Gasteiger partial charge in [0.2, 0.25) is 0 Å². The number of halogens is 3. The third kappa shape index (κ3) is 5.14. The molecule has 0 saturated carbocycles. The van der Waals surface area contributed by atoms with E-state index in [1.165, 1.54) is 17.4 Å². The molecule has 0 aliphatic carbocycles. The van der Waals surface area contributed by atoms with E-state index in [0.717, 1.165) is 25.2 Å². The standard InChI is InChI=1S/C27H24F3N5O3S/c28-27(29,30)20-2-1-3-21(15-20)35-8-6-18-14-19(4-5-23(18)35)26(37)38-34-16-22(17-34)32-9-11-33(12-10-32)25(36)24-31-7-13-39-24/h1-8,13-15,22H,9-12,16-17H2. The van der Waals surface area contributed by atoms with Crippen LogP contribution in [-0.4, -0.2) is 81.6 Å². The molecule has 0 N–H and O–H groups in total. The Hall–Kier alpha value is -3.74. The van der Waals surface area contributed by atoms with Crippen molar-refractivity contribution in [3.63, 3.8) is 0 Å². The number of nitrogens with zero attached hydrogens (tertiary/aromatic N) is 5. The van der Waals surface area contributed by atoms with Crippen molar-refractivity contribution in [1.82, 2.24) is 24.4 Å². The number of hydrogen-bond donors (Lipinski definition) is 0. The lowest BCUT2D eigenvalue weighted by atomic mass is 10.1. The molecule has 2 aliphatic rings. The molecule has 0 spiro atoms. The van der Waals surface area contributed by atoms with Gasteiger partial charge in [-0.25, -0.2) is 9.78 Å². The normalized spacial score (nSPS) is 17.4. The van der Waals surface area contributed by atoms with Gasteiger partial charge in [0.05, 0.1) is 29.7 Å². The van der Waals surface area contributed by atoms with Crippen molar-refractivity contribution in [1.29, 1.82) is 0 Å². The molecule has 0 radical (unpaired) electrons. The van der Waals surface area contributed by atoms with Gasteiger partial charge in [-0.3, -0.25) is 9.69 Å². The Morgan fingerprint density at radius 1 is 1.00 bits per heavy atom. The number of carbonyl (C=O) groups is 2. The number of fused-ring (bicyclic) bond motifs is 1. The van der Waals surface area contributed by atoms with Crippen LogP contribution in [0.2, 0.25) is 0 Å². The fraction of sp³-hybridized carbons (Fsp3) is 0.296. The summed E-state index contributed by atoms with van der Waals surface area (Å²) in [5, 5.41) is 4.64. The molecule has 2 aliphatic heterocycles. The summed E-state index contributed by atoms with van der Waals surface area (Å²) in [7, 11) is 0. The number of thiazole rings is 1. The maximum absolute atomic E-state index is 13.1. The minimum atomic E-state index is -4.43. The van der Waals surface area contributed by atoms with Crippen molar-refractivity contribution in [2.24, 2.45) is 0 Å². The second kappa shape index (κ2) is 10.1. The van der Waals surface area contributed by atoms with Crippen LogP contribution in [0.3, 0.4) is 0 Å². The Bertz CT molecular complexity index is 1510. The highest BCUT2D eigenvalue weighted by Gasteiger charge is 2.37. The molecule has 2 fully saturated rings. The molecule has 0 unspecified atom stereocenters. The molecule has 6 rings (SSSR count). The number of piperazine rings is 1. The van der Waals surface area contributed by atoms with E-state index in [-0.39, 0.29) is 11.9 Å². The van der Waals surface area contributed by atoms with Gasteiger partial charge in [0.1, 0.15) is 0 Å². The van der Waals surface area contributed by atoms with Gasteiger partial charge in [-0.2, -0.15) is 13.2 Å². The lowest BCUT2D eigenvalue weighted by molar-refractivity contribution is -0.182. The van der Waals surface area contributed by atoms with E-state index in [1.54, 1.807) is 57.7 Å². The first-order valence-corrected chi connectivity index (χ1v) is 13.3. The number of rotatable bonds is 5. The van der Waals surface area contributed by atoms with E-state index < -0.39 is 17.7 Å². The first-order chi connectivity index (χ1) is 18.8. The summed E-state index contributed by atoms with van der Waals surface area (Å²) in [5.41, 5.74) is 0.709. The Kier molecular flexibility index (Phi) is 6.61. The highest BCUT2D eigenvalue weighted by molar-refractivity contribution is 7.11. The summed E-state index contributed by atoms with van der Waals surface area (Å²) in [6.45, 7) is 3.94. The zero-order valence-electron chi connectivity index (χ0n) is 20.7. The Balaban J connectivity index is 1.03. The zero-order valence-corrected chi connectivity index (χ0v) is 21.5. The van der Waals surface area contributed by atoms with Crippen LogP contribution in [0.25, 0.3) is 16.6 Å². The summed E-state index contributed by atoms with van der Waals surface area (Å²) in [5.74, 6) is -0.517. The van der Waals surface area contributed by atoms with Crippen molar-refractivity contribution in [3.05, 3.63) is 82.4 Å². The number of benzene rings is 2. The van der Waals surface area contributed by atoms with Gasteiger partial charge in [0.25, 0.3) is 5.91 Å². The molecular weight excluding hydrogens is 531 g/mol. The maximum Gasteiger partial charge on any atom is 0.416 e. The molecule has 0 bridgehead atoms. The van der Waals surface area contributed by atoms with E-state index in [9.17, 15) is 22.8 Å². The molecule has 2 saturated heterocycles. The van der Waals surface area contributed by atoms with Gasteiger partial charge in [0.15, 0.2) is 5.01 Å². The molecule has 4 aromatic rings. The molecular formula is C27H24F3N5O3S. The molecule has 12 heteroatoms. The van der Waals surface area contributed by atoms with Crippen molar-refractivity contribution < 1.29 is 27.6 Å². The van der Waals surface area contributed by atoms with Crippen molar-refractivity contribution in [2.75, 3.05) is 39.3 Å². The second-order valence-corrected chi connectivity index (χ2v) is 10.4. The fourth-order valence-electron chi connectivity index (χ4n) is 4.97. The van der Waals surface area contributed by atoms with Crippen LogP contribution >= 0.6 is 11.3 Å². The maximum atomic E-state index is 13.1. The Morgan fingerprint density at radius 3 is 2.51 bits per heavy atom. The molecule has 1 amide bonds. The number of carbonyl (C=O) groups excluding carboxylic acids is 2.